The van der Waals surface area contributed by atoms with Crippen molar-refractivity contribution < 1.29 is 19.1 Å². The second-order valence-electron chi connectivity index (χ2n) is 5.74. The lowest BCUT2D eigenvalue weighted by Crippen LogP contribution is -2.23. The van der Waals surface area contributed by atoms with Gasteiger partial charge in [-0.1, -0.05) is 18.2 Å². The van der Waals surface area contributed by atoms with Gasteiger partial charge in [0.25, 0.3) is 5.91 Å². The molecule has 0 saturated carbocycles. The molecule has 2 aromatic carbocycles. The maximum atomic E-state index is 12.5. The van der Waals surface area contributed by atoms with Crippen LogP contribution in [0.1, 0.15) is 30.1 Å². The minimum absolute atomic E-state index is 0.0867. The number of carbonyl (C=O) groups is 3. The Labute approximate surface area is 145 Å². The van der Waals surface area contributed by atoms with Gasteiger partial charge in [0.1, 0.15) is 5.75 Å². The molecular formula is C19H18N2O4. The number of carbonyl (C=O) groups excluding carboxylic acids is 3. The first-order valence-electron chi connectivity index (χ1n) is 8.04. The summed E-state index contributed by atoms with van der Waals surface area (Å²) < 4.78 is 5.07. The highest BCUT2D eigenvalue weighted by Gasteiger charge is 2.22. The first-order chi connectivity index (χ1) is 12.0. The van der Waals surface area contributed by atoms with E-state index in [0.29, 0.717) is 18.7 Å². The average Bonchev–Trinajstić information content (AvgIpc) is 3.01. The first-order valence-corrected chi connectivity index (χ1v) is 8.04. The van der Waals surface area contributed by atoms with Crippen LogP contribution in [0, 0.1) is 0 Å². The van der Waals surface area contributed by atoms with Gasteiger partial charge in [-0.15, -0.1) is 0 Å². The normalized spacial score (nSPS) is 13.6. The van der Waals surface area contributed by atoms with Gasteiger partial charge >= 0.3 is 5.97 Å². The van der Waals surface area contributed by atoms with Gasteiger partial charge in [0, 0.05) is 31.3 Å². The highest BCUT2D eigenvalue weighted by Crippen LogP contribution is 2.25. The molecule has 2 aromatic rings. The number of nitrogens with one attached hydrogen (secondary N) is 1. The second-order valence-corrected chi connectivity index (χ2v) is 5.74. The quantitative estimate of drug-likeness (QED) is 0.687. The van der Waals surface area contributed by atoms with Crippen LogP contribution in [0.4, 0.5) is 11.4 Å². The van der Waals surface area contributed by atoms with Crippen LogP contribution in [0.5, 0.6) is 5.75 Å². The molecule has 1 fully saturated rings. The zero-order valence-corrected chi connectivity index (χ0v) is 13.8. The zero-order chi connectivity index (χ0) is 17.8. The van der Waals surface area contributed by atoms with Crippen molar-refractivity contribution >= 4 is 29.2 Å². The molecule has 1 saturated heterocycles. The second kappa shape index (κ2) is 7.17. The molecule has 0 aromatic heterocycles. The number of rotatable bonds is 4. The van der Waals surface area contributed by atoms with Crippen molar-refractivity contribution in [3.8, 4) is 5.75 Å². The van der Waals surface area contributed by atoms with E-state index < -0.39 is 5.97 Å². The number of hydrogen-bond donors (Lipinski definition) is 1. The Hall–Kier alpha value is -3.15. The van der Waals surface area contributed by atoms with Gasteiger partial charge in [0.2, 0.25) is 5.91 Å². The van der Waals surface area contributed by atoms with Gasteiger partial charge in [-0.25, -0.2) is 0 Å². The van der Waals surface area contributed by atoms with Crippen LogP contribution < -0.4 is 15.0 Å². The third-order valence-corrected chi connectivity index (χ3v) is 3.87. The van der Waals surface area contributed by atoms with E-state index in [1.54, 1.807) is 47.4 Å². The molecule has 1 aliphatic rings. The highest BCUT2D eigenvalue weighted by atomic mass is 16.5. The smallest absolute Gasteiger partial charge is 0.308 e. The van der Waals surface area contributed by atoms with E-state index >= 15 is 0 Å². The summed E-state index contributed by atoms with van der Waals surface area (Å²) in [6, 6.07) is 13.7. The molecule has 0 atom stereocenters. The number of benzene rings is 2. The monoisotopic (exact) mass is 338 g/mol. The molecule has 0 bridgehead atoms. The van der Waals surface area contributed by atoms with Gasteiger partial charge in [0.05, 0.1) is 5.56 Å². The predicted octanol–water partition coefficient (Wildman–Crippen LogP) is 2.99. The Balaban J connectivity index is 1.80. The Kier molecular flexibility index (Phi) is 4.79. The van der Waals surface area contributed by atoms with E-state index in [2.05, 4.69) is 5.32 Å². The fourth-order valence-corrected chi connectivity index (χ4v) is 2.77. The summed E-state index contributed by atoms with van der Waals surface area (Å²) in [5, 5.41) is 2.78. The van der Waals surface area contributed by atoms with Crippen LogP contribution >= 0.6 is 0 Å². The summed E-state index contributed by atoms with van der Waals surface area (Å²) in [6.07, 6.45) is 1.39. The SMILES string of the molecule is CC(=O)Oc1ccccc1C(=O)Nc1cccc(N2CCCC2=O)c1. The minimum Gasteiger partial charge on any atom is -0.426 e. The summed E-state index contributed by atoms with van der Waals surface area (Å²) in [5.74, 6) is -0.585. The summed E-state index contributed by atoms with van der Waals surface area (Å²) in [6.45, 7) is 1.97. The third kappa shape index (κ3) is 3.85. The van der Waals surface area contributed by atoms with Crippen LogP contribution in [0.25, 0.3) is 0 Å². The average molecular weight is 338 g/mol. The van der Waals surface area contributed by atoms with Crippen molar-refractivity contribution in [2.45, 2.75) is 19.8 Å². The van der Waals surface area contributed by atoms with Crippen LogP contribution in [0.2, 0.25) is 0 Å². The molecule has 25 heavy (non-hydrogen) atoms. The molecule has 0 radical (unpaired) electrons. The summed E-state index contributed by atoms with van der Waals surface area (Å²) in [4.78, 5) is 37.3. The Morgan fingerprint density at radius 3 is 2.64 bits per heavy atom. The van der Waals surface area contributed by atoms with Gasteiger partial charge in [-0.3, -0.25) is 14.4 Å². The maximum absolute atomic E-state index is 12.5. The fraction of sp³-hybridized carbons (Fsp3) is 0.211. The van der Waals surface area contributed by atoms with Crippen molar-refractivity contribution in [3.05, 3.63) is 54.1 Å². The maximum Gasteiger partial charge on any atom is 0.308 e. The summed E-state index contributed by atoms with van der Waals surface area (Å²) in [5.41, 5.74) is 1.59. The number of hydrogen-bond acceptors (Lipinski definition) is 4. The van der Waals surface area contributed by atoms with Crippen LogP contribution in [-0.4, -0.2) is 24.3 Å². The van der Waals surface area contributed by atoms with Gasteiger partial charge in [-0.2, -0.15) is 0 Å². The molecule has 1 N–H and O–H groups in total. The molecule has 0 spiro atoms. The van der Waals surface area contributed by atoms with Crippen molar-refractivity contribution in [3.63, 3.8) is 0 Å². The van der Waals surface area contributed by atoms with E-state index in [1.807, 2.05) is 6.07 Å². The summed E-state index contributed by atoms with van der Waals surface area (Å²) >= 11 is 0. The van der Waals surface area contributed by atoms with Crippen LogP contribution in [0.3, 0.4) is 0 Å². The molecule has 6 nitrogen and oxygen atoms in total. The number of anilines is 2. The predicted molar refractivity (Wildman–Crippen MR) is 93.7 cm³/mol. The molecule has 1 heterocycles. The zero-order valence-electron chi connectivity index (χ0n) is 13.8. The van der Waals surface area contributed by atoms with Gasteiger partial charge < -0.3 is 15.0 Å². The van der Waals surface area contributed by atoms with Gasteiger partial charge in [0.15, 0.2) is 0 Å². The highest BCUT2D eigenvalue weighted by molar-refractivity contribution is 6.07. The van der Waals surface area contributed by atoms with E-state index in [4.69, 9.17) is 4.74 Å². The van der Waals surface area contributed by atoms with Crippen LogP contribution in [-0.2, 0) is 9.59 Å². The topological polar surface area (TPSA) is 75.7 Å². The Bertz CT molecular complexity index is 832. The molecular weight excluding hydrogens is 320 g/mol. The number of ether oxygens (including phenoxy) is 1. The Morgan fingerprint density at radius 1 is 1.12 bits per heavy atom. The third-order valence-electron chi connectivity index (χ3n) is 3.87. The standard InChI is InChI=1S/C19H18N2O4/c1-13(22)25-17-9-3-2-8-16(17)19(24)20-14-6-4-7-15(12-14)21-11-5-10-18(21)23/h2-4,6-9,12H,5,10-11H2,1H3,(H,20,24). The van der Waals surface area contributed by atoms with E-state index in [1.165, 1.54) is 6.92 Å². The van der Waals surface area contributed by atoms with Crippen molar-refractivity contribution in [1.29, 1.82) is 0 Å². The largest absolute Gasteiger partial charge is 0.426 e. The van der Waals surface area contributed by atoms with Crippen molar-refractivity contribution in [2.75, 3.05) is 16.8 Å². The molecule has 2 amide bonds. The van der Waals surface area contributed by atoms with E-state index in [-0.39, 0.29) is 23.1 Å². The lowest BCUT2D eigenvalue weighted by molar-refractivity contribution is -0.131. The molecule has 0 unspecified atom stereocenters. The number of esters is 1. The van der Waals surface area contributed by atoms with Crippen molar-refractivity contribution in [1.82, 2.24) is 0 Å². The molecule has 6 heteroatoms. The number of amides is 2. The number of nitrogens with zero attached hydrogens (tertiary/aromatic N) is 1. The molecule has 0 aliphatic carbocycles. The lowest BCUT2D eigenvalue weighted by Gasteiger charge is -2.17. The number of para-hydroxylation sites is 1. The van der Waals surface area contributed by atoms with E-state index in [9.17, 15) is 14.4 Å². The molecule has 1 aliphatic heterocycles. The van der Waals surface area contributed by atoms with Crippen molar-refractivity contribution in [2.24, 2.45) is 0 Å². The minimum atomic E-state index is -0.491. The molecule has 3 rings (SSSR count). The Morgan fingerprint density at radius 2 is 1.92 bits per heavy atom. The fourth-order valence-electron chi connectivity index (χ4n) is 2.77. The lowest BCUT2D eigenvalue weighted by atomic mass is 10.1. The molecule has 128 valence electrons. The van der Waals surface area contributed by atoms with Crippen LogP contribution in [0.15, 0.2) is 48.5 Å². The summed E-state index contributed by atoms with van der Waals surface area (Å²) in [7, 11) is 0. The van der Waals surface area contributed by atoms with E-state index in [0.717, 1.165) is 12.1 Å². The van der Waals surface area contributed by atoms with Gasteiger partial charge in [-0.05, 0) is 36.8 Å². The first kappa shape index (κ1) is 16.7.